The van der Waals surface area contributed by atoms with Crippen molar-refractivity contribution in [3.8, 4) is 0 Å². The fourth-order valence-corrected chi connectivity index (χ4v) is 6.29. The number of ether oxygens (including phenoxy) is 1. The van der Waals surface area contributed by atoms with Gasteiger partial charge >= 0.3 is 0 Å². The number of carbonyl (C=O) groups is 1. The van der Waals surface area contributed by atoms with Gasteiger partial charge in [-0.2, -0.15) is 0 Å². The van der Waals surface area contributed by atoms with Gasteiger partial charge in [0, 0.05) is 32.1 Å². The number of hydrogen-bond acceptors (Lipinski definition) is 4. The smallest absolute Gasteiger partial charge is 0.223 e. The lowest BCUT2D eigenvalue weighted by molar-refractivity contribution is -0.127. The zero-order valence-electron chi connectivity index (χ0n) is 26.1. The predicted octanol–water partition coefficient (Wildman–Crippen LogP) is 7.60. The minimum absolute atomic E-state index is 0.137. The van der Waals surface area contributed by atoms with E-state index in [1.54, 1.807) is 0 Å². The van der Waals surface area contributed by atoms with E-state index in [2.05, 4.69) is 41.2 Å². The van der Waals surface area contributed by atoms with Crippen LogP contribution in [0.15, 0.2) is 12.2 Å². The lowest BCUT2D eigenvalue weighted by Gasteiger charge is -2.32. The molecule has 0 aromatic heterocycles. The molecular weight excluding hydrogens is 482 g/mol. The minimum atomic E-state index is 0.137. The molecule has 228 valence electrons. The molecule has 0 spiro atoms. The fraction of sp³-hybridized carbons (Fsp3) is 0.912. The molecule has 5 heteroatoms. The van der Waals surface area contributed by atoms with Crippen molar-refractivity contribution in [2.45, 2.75) is 129 Å². The Kier molecular flexibility index (Phi) is 20.9. The van der Waals surface area contributed by atoms with Gasteiger partial charge in [-0.15, -0.1) is 0 Å². The fourth-order valence-electron chi connectivity index (χ4n) is 6.29. The van der Waals surface area contributed by atoms with E-state index in [0.717, 1.165) is 71.7 Å². The molecule has 0 saturated carbocycles. The van der Waals surface area contributed by atoms with E-state index in [-0.39, 0.29) is 11.8 Å². The first-order valence-corrected chi connectivity index (χ1v) is 17.1. The summed E-state index contributed by atoms with van der Waals surface area (Å²) in [6.07, 6.45) is 29.8. The van der Waals surface area contributed by atoms with Gasteiger partial charge in [0.2, 0.25) is 5.91 Å². The number of rotatable bonds is 24. The first-order valence-electron chi connectivity index (χ1n) is 17.1. The summed E-state index contributed by atoms with van der Waals surface area (Å²) in [4.78, 5) is 17.9. The Morgan fingerprint density at radius 2 is 1.33 bits per heavy atom. The summed E-state index contributed by atoms with van der Waals surface area (Å²) in [5.41, 5.74) is 0. The summed E-state index contributed by atoms with van der Waals surface area (Å²) < 4.78 is 5.45. The molecule has 0 aromatic carbocycles. The van der Waals surface area contributed by atoms with Crippen molar-refractivity contribution in [1.82, 2.24) is 15.1 Å². The third kappa shape index (κ3) is 17.5. The molecule has 0 bridgehead atoms. The first kappa shape index (κ1) is 34.3. The third-order valence-electron chi connectivity index (χ3n) is 8.89. The SMILES string of the molecule is CCCCCCCCCCCCCCCCCCNC(=O)C1CC=CCC1CN(C)CCCN1CCOCC1. The monoisotopic (exact) mass is 548 g/mol. The normalized spacial score (nSPS) is 20.1. The van der Waals surface area contributed by atoms with Crippen molar-refractivity contribution in [1.29, 1.82) is 0 Å². The Morgan fingerprint density at radius 3 is 1.92 bits per heavy atom. The van der Waals surface area contributed by atoms with Gasteiger partial charge in [-0.3, -0.25) is 9.69 Å². The number of nitrogens with one attached hydrogen (secondary N) is 1. The highest BCUT2D eigenvalue weighted by Gasteiger charge is 2.29. The van der Waals surface area contributed by atoms with Crippen molar-refractivity contribution >= 4 is 5.91 Å². The van der Waals surface area contributed by atoms with Gasteiger partial charge < -0.3 is 15.0 Å². The van der Waals surface area contributed by atoms with Gasteiger partial charge in [0.15, 0.2) is 0 Å². The molecule has 0 aromatic rings. The molecule has 1 fully saturated rings. The summed E-state index contributed by atoms with van der Waals surface area (Å²) in [5, 5.41) is 3.28. The van der Waals surface area contributed by atoms with Gasteiger partial charge in [0.1, 0.15) is 0 Å². The van der Waals surface area contributed by atoms with Crippen molar-refractivity contribution in [2.24, 2.45) is 11.8 Å². The summed E-state index contributed by atoms with van der Waals surface area (Å²) >= 11 is 0. The maximum atomic E-state index is 13.0. The number of amides is 1. The molecule has 39 heavy (non-hydrogen) atoms. The molecule has 1 heterocycles. The molecule has 1 N–H and O–H groups in total. The molecule has 1 amide bonds. The first-order chi connectivity index (χ1) is 19.2. The van der Waals surface area contributed by atoms with Crippen LogP contribution in [-0.2, 0) is 9.53 Å². The number of carbonyl (C=O) groups excluding carboxylic acids is 1. The van der Waals surface area contributed by atoms with E-state index >= 15 is 0 Å². The van der Waals surface area contributed by atoms with Gasteiger partial charge in [0.05, 0.1) is 13.2 Å². The second-order valence-electron chi connectivity index (χ2n) is 12.5. The van der Waals surface area contributed by atoms with E-state index in [0.29, 0.717) is 5.92 Å². The summed E-state index contributed by atoms with van der Waals surface area (Å²) in [6, 6.07) is 0. The van der Waals surface area contributed by atoms with Crippen LogP contribution in [0.1, 0.15) is 129 Å². The van der Waals surface area contributed by atoms with Crippen LogP contribution in [0.25, 0.3) is 0 Å². The number of nitrogens with zero attached hydrogens (tertiary/aromatic N) is 2. The van der Waals surface area contributed by atoms with Crippen molar-refractivity contribution in [3.05, 3.63) is 12.2 Å². The van der Waals surface area contributed by atoms with Crippen molar-refractivity contribution < 1.29 is 9.53 Å². The van der Waals surface area contributed by atoms with Crippen LogP contribution >= 0.6 is 0 Å². The maximum absolute atomic E-state index is 13.0. The Morgan fingerprint density at radius 1 is 0.795 bits per heavy atom. The molecular formula is C34H65N3O2. The molecule has 2 aliphatic rings. The van der Waals surface area contributed by atoms with Gasteiger partial charge in [0.25, 0.3) is 0 Å². The van der Waals surface area contributed by atoms with Gasteiger partial charge in [-0.25, -0.2) is 0 Å². The highest BCUT2D eigenvalue weighted by Crippen LogP contribution is 2.26. The topological polar surface area (TPSA) is 44.8 Å². The van der Waals surface area contributed by atoms with Crippen LogP contribution in [0.2, 0.25) is 0 Å². The molecule has 1 aliphatic carbocycles. The molecule has 0 radical (unpaired) electrons. The highest BCUT2D eigenvalue weighted by molar-refractivity contribution is 5.79. The predicted molar refractivity (Wildman–Crippen MR) is 167 cm³/mol. The Balaban J connectivity index is 1.42. The highest BCUT2D eigenvalue weighted by atomic mass is 16.5. The average Bonchev–Trinajstić information content (AvgIpc) is 2.95. The lowest BCUT2D eigenvalue weighted by atomic mass is 9.82. The Hall–Kier alpha value is -0.910. The van der Waals surface area contributed by atoms with E-state index in [1.165, 1.54) is 103 Å². The van der Waals surface area contributed by atoms with E-state index in [1.807, 2.05) is 0 Å². The van der Waals surface area contributed by atoms with Crippen LogP contribution in [-0.4, -0.2) is 75.2 Å². The third-order valence-corrected chi connectivity index (χ3v) is 8.89. The number of morpholine rings is 1. The Labute approximate surface area is 242 Å². The van der Waals surface area contributed by atoms with Crippen LogP contribution < -0.4 is 5.32 Å². The largest absolute Gasteiger partial charge is 0.379 e. The molecule has 1 aliphatic heterocycles. The second kappa shape index (κ2) is 23.8. The molecule has 5 nitrogen and oxygen atoms in total. The zero-order valence-corrected chi connectivity index (χ0v) is 26.1. The van der Waals surface area contributed by atoms with Gasteiger partial charge in [-0.1, -0.05) is 115 Å². The second-order valence-corrected chi connectivity index (χ2v) is 12.5. The van der Waals surface area contributed by atoms with Gasteiger partial charge in [-0.05, 0) is 51.7 Å². The lowest BCUT2D eigenvalue weighted by Crippen LogP contribution is -2.41. The average molecular weight is 548 g/mol. The van der Waals surface area contributed by atoms with E-state index in [4.69, 9.17) is 4.74 Å². The van der Waals surface area contributed by atoms with Crippen LogP contribution in [0.5, 0.6) is 0 Å². The van der Waals surface area contributed by atoms with Crippen molar-refractivity contribution in [2.75, 3.05) is 59.5 Å². The minimum Gasteiger partial charge on any atom is -0.379 e. The summed E-state index contributed by atoms with van der Waals surface area (Å²) in [7, 11) is 2.23. The quantitative estimate of drug-likeness (QED) is 0.0998. The summed E-state index contributed by atoms with van der Waals surface area (Å²) in [6.45, 7) is 10.3. The molecule has 1 saturated heterocycles. The molecule has 2 atom stereocenters. The maximum Gasteiger partial charge on any atom is 0.223 e. The molecule has 2 unspecified atom stereocenters. The zero-order chi connectivity index (χ0) is 27.8. The number of hydrogen-bond donors (Lipinski definition) is 1. The standard InChI is InChI=1S/C34H65N3O2/c1-3-4-5-6-7-8-9-10-11-12-13-14-15-16-17-20-24-35-34(38)33-23-19-18-22-32(33)31-36(2)25-21-26-37-27-29-39-30-28-37/h18-19,32-33H,3-17,20-31H2,1-2H3,(H,35,38). The summed E-state index contributed by atoms with van der Waals surface area (Å²) in [5.74, 6) is 0.860. The van der Waals surface area contributed by atoms with E-state index < -0.39 is 0 Å². The number of allylic oxidation sites excluding steroid dienone is 2. The van der Waals surface area contributed by atoms with E-state index in [9.17, 15) is 4.79 Å². The Bertz CT molecular complexity index is 605. The van der Waals surface area contributed by atoms with Crippen molar-refractivity contribution in [3.63, 3.8) is 0 Å². The van der Waals surface area contributed by atoms with Crippen LogP contribution in [0, 0.1) is 11.8 Å². The number of unbranched alkanes of at least 4 members (excludes halogenated alkanes) is 15. The van der Waals surface area contributed by atoms with Crippen LogP contribution in [0.3, 0.4) is 0 Å². The molecule has 2 rings (SSSR count). The van der Waals surface area contributed by atoms with Crippen LogP contribution in [0.4, 0.5) is 0 Å².